The van der Waals surface area contributed by atoms with Crippen LogP contribution in [-0.4, -0.2) is 43.3 Å². The number of ether oxygens (including phenoxy) is 1. The maximum absolute atomic E-state index is 12.1. The van der Waals surface area contributed by atoms with Crippen molar-refractivity contribution >= 4 is 12.1 Å². The van der Waals surface area contributed by atoms with Gasteiger partial charge >= 0.3 is 12.1 Å². The minimum atomic E-state index is -0.305. The number of carbonyl (C=O) groups is 2. The van der Waals surface area contributed by atoms with Crippen molar-refractivity contribution in [3.63, 3.8) is 0 Å². The van der Waals surface area contributed by atoms with Crippen LogP contribution in [0.2, 0.25) is 0 Å². The lowest BCUT2D eigenvalue weighted by atomic mass is 10.1. The number of hydrogen-bond acceptors (Lipinski definition) is 3. The van der Waals surface area contributed by atoms with Gasteiger partial charge in [0.25, 0.3) is 0 Å². The largest absolute Gasteiger partial charge is 0.453 e. The van der Waals surface area contributed by atoms with Crippen molar-refractivity contribution in [2.75, 3.05) is 20.2 Å². The quantitative estimate of drug-likeness (QED) is 0.899. The van der Waals surface area contributed by atoms with Crippen molar-refractivity contribution in [3.8, 4) is 0 Å². The lowest BCUT2D eigenvalue weighted by Crippen LogP contribution is -2.49. The standard InChI is InChI=1S/C17H25N3O3/c1-12-4-6-14(7-5-12)13(2)18-16(21)19-15-8-10-20(11-9-15)17(22)23-3/h4-7,13,15H,8-11H2,1-3H3,(H2,18,19,21). The molecule has 6 heteroatoms. The van der Waals surface area contributed by atoms with Gasteiger partial charge in [-0.3, -0.25) is 0 Å². The fourth-order valence-corrected chi connectivity index (χ4v) is 2.70. The molecule has 1 unspecified atom stereocenters. The second-order valence-corrected chi connectivity index (χ2v) is 5.98. The van der Waals surface area contributed by atoms with Gasteiger partial charge in [0.15, 0.2) is 0 Å². The number of methoxy groups -OCH3 is 1. The number of piperidine rings is 1. The molecule has 1 saturated heterocycles. The van der Waals surface area contributed by atoms with E-state index in [-0.39, 0.29) is 24.2 Å². The second kappa shape index (κ2) is 7.85. The van der Waals surface area contributed by atoms with Gasteiger partial charge in [-0.2, -0.15) is 0 Å². The molecule has 0 radical (unpaired) electrons. The summed E-state index contributed by atoms with van der Waals surface area (Å²) in [5.41, 5.74) is 2.27. The normalized spacial score (nSPS) is 16.6. The van der Waals surface area contributed by atoms with Crippen LogP contribution in [0, 0.1) is 6.92 Å². The molecule has 2 N–H and O–H groups in total. The Morgan fingerprint density at radius 3 is 2.39 bits per heavy atom. The third kappa shape index (κ3) is 4.87. The van der Waals surface area contributed by atoms with E-state index in [0.29, 0.717) is 13.1 Å². The lowest BCUT2D eigenvalue weighted by Gasteiger charge is -2.31. The summed E-state index contributed by atoms with van der Waals surface area (Å²) in [5.74, 6) is 0. The summed E-state index contributed by atoms with van der Waals surface area (Å²) in [6.07, 6.45) is 1.17. The number of amides is 3. The van der Waals surface area contributed by atoms with Crippen molar-refractivity contribution < 1.29 is 14.3 Å². The molecule has 1 aliphatic rings. The van der Waals surface area contributed by atoms with Crippen molar-refractivity contribution in [3.05, 3.63) is 35.4 Å². The average Bonchev–Trinajstić information content (AvgIpc) is 2.55. The molecular formula is C17H25N3O3. The molecule has 126 valence electrons. The van der Waals surface area contributed by atoms with Gasteiger partial charge in [0, 0.05) is 19.1 Å². The van der Waals surface area contributed by atoms with Crippen LogP contribution in [-0.2, 0) is 4.74 Å². The lowest BCUT2D eigenvalue weighted by molar-refractivity contribution is 0.110. The Balaban J connectivity index is 1.77. The van der Waals surface area contributed by atoms with Crippen LogP contribution in [0.3, 0.4) is 0 Å². The number of likely N-dealkylation sites (tertiary alicyclic amines) is 1. The van der Waals surface area contributed by atoms with E-state index in [1.807, 2.05) is 38.1 Å². The molecule has 0 aliphatic carbocycles. The Morgan fingerprint density at radius 2 is 1.83 bits per heavy atom. The van der Waals surface area contributed by atoms with E-state index in [4.69, 9.17) is 4.74 Å². The molecule has 1 aromatic rings. The minimum absolute atomic E-state index is 0.0502. The van der Waals surface area contributed by atoms with Gasteiger partial charge < -0.3 is 20.3 Å². The first-order valence-corrected chi connectivity index (χ1v) is 7.96. The Morgan fingerprint density at radius 1 is 1.22 bits per heavy atom. The number of carbonyl (C=O) groups excluding carboxylic acids is 2. The highest BCUT2D eigenvalue weighted by atomic mass is 16.5. The van der Waals surface area contributed by atoms with Crippen molar-refractivity contribution in [1.29, 1.82) is 0 Å². The number of nitrogens with zero attached hydrogens (tertiary/aromatic N) is 1. The molecule has 1 aromatic carbocycles. The third-order valence-electron chi connectivity index (χ3n) is 4.19. The molecule has 3 amide bonds. The van der Waals surface area contributed by atoms with Crippen LogP contribution in [0.25, 0.3) is 0 Å². The summed E-state index contributed by atoms with van der Waals surface area (Å²) < 4.78 is 4.70. The fourth-order valence-electron chi connectivity index (χ4n) is 2.70. The summed E-state index contributed by atoms with van der Waals surface area (Å²) in [7, 11) is 1.38. The molecule has 6 nitrogen and oxygen atoms in total. The number of nitrogens with one attached hydrogen (secondary N) is 2. The highest BCUT2D eigenvalue weighted by Crippen LogP contribution is 2.14. The maximum Gasteiger partial charge on any atom is 0.409 e. The number of benzene rings is 1. The minimum Gasteiger partial charge on any atom is -0.453 e. The van der Waals surface area contributed by atoms with Crippen molar-refractivity contribution in [2.45, 2.75) is 38.8 Å². The summed E-state index contributed by atoms with van der Waals surface area (Å²) in [6.45, 7) is 5.20. The van der Waals surface area contributed by atoms with Gasteiger partial charge in [0.1, 0.15) is 0 Å². The van der Waals surface area contributed by atoms with E-state index in [1.54, 1.807) is 4.90 Å². The smallest absolute Gasteiger partial charge is 0.409 e. The molecule has 1 atom stereocenters. The molecule has 1 aliphatic heterocycles. The van der Waals surface area contributed by atoms with Crippen molar-refractivity contribution in [2.24, 2.45) is 0 Å². The van der Waals surface area contributed by atoms with Crippen LogP contribution >= 0.6 is 0 Å². The van der Waals surface area contributed by atoms with Crippen LogP contribution in [0.4, 0.5) is 9.59 Å². The first-order valence-electron chi connectivity index (χ1n) is 7.96. The van der Waals surface area contributed by atoms with E-state index < -0.39 is 0 Å². The Kier molecular flexibility index (Phi) is 5.84. The van der Waals surface area contributed by atoms with E-state index in [1.165, 1.54) is 12.7 Å². The molecule has 2 rings (SSSR count). The van der Waals surface area contributed by atoms with Gasteiger partial charge in [-0.25, -0.2) is 9.59 Å². The van der Waals surface area contributed by atoms with Crippen LogP contribution in [0.15, 0.2) is 24.3 Å². The summed E-state index contributed by atoms with van der Waals surface area (Å²) >= 11 is 0. The Bertz CT molecular complexity index is 537. The topological polar surface area (TPSA) is 70.7 Å². The predicted molar refractivity (Wildman–Crippen MR) is 88.3 cm³/mol. The van der Waals surface area contributed by atoms with Gasteiger partial charge in [0.2, 0.25) is 0 Å². The molecule has 0 saturated carbocycles. The molecule has 23 heavy (non-hydrogen) atoms. The summed E-state index contributed by atoms with van der Waals surface area (Å²) in [5, 5.41) is 5.93. The first kappa shape index (κ1) is 17.1. The highest BCUT2D eigenvalue weighted by Gasteiger charge is 2.24. The number of rotatable bonds is 3. The number of urea groups is 1. The average molecular weight is 319 g/mol. The van der Waals surface area contributed by atoms with Crippen LogP contribution in [0.5, 0.6) is 0 Å². The van der Waals surface area contributed by atoms with Gasteiger partial charge in [-0.05, 0) is 32.3 Å². The zero-order chi connectivity index (χ0) is 16.8. The predicted octanol–water partition coefficient (Wildman–Crippen LogP) is 2.59. The van der Waals surface area contributed by atoms with E-state index in [2.05, 4.69) is 10.6 Å². The SMILES string of the molecule is COC(=O)N1CCC(NC(=O)NC(C)c2ccc(C)cc2)CC1. The monoisotopic (exact) mass is 319 g/mol. The van der Waals surface area contributed by atoms with Gasteiger partial charge in [-0.15, -0.1) is 0 Å². The summed E-state index contributed by atoms with van der Waals surface area (Å²) in [6, 6.07) is 7.98. The van der Waals surface area contributed by atoms with Crippen LogP contribution in [0.1, 0.15) is 36.9 Å². The van der Waals surface area contributed by atoms with Crippen LogP contribution < -0.4 is 10.6 Å². The molecular weight excluding hydrogens is 294 g/mol. The maximum atomic E-state index is 12.1. The van der Waals surface area contributed by atoms with E-state index in [9.17, 15) is 9.59 Å². The van der Waals surface area contributed by atoms with Gasteiger partial charge in [-0.1, -0.05) is 29.8 Å². The van der Waals surface area contributed by atoms with E-state index >= 15 is 0 Å². The number of aryl methyl sites for hydroxylation is 1. The zero-order valence-electron chi connectivity index (χ0n) is 14.0. The zero-order valence-corrected chi connectivity index (χ0v) is 14.0. The highest BCUT2D eigenvalue weighted by molar-refractivity contribution is 5.74. The summed E-state index contributed by atoms with van der Waals surface area (Å²) in [4.78, 5) is 25.2. The second-order valence-electron chi connectivity index (χ2n) is 5.98. The first-order chi connectivity index (χ1) is 11.0. The van der Waals surface area contributed by atoms with E-state index in [0.717, 1.165) is 18.4 Å². The third-order valence-corrected chi connectivity index (χ3v) is 4.19. The molecule has 0 spiro atoms. The fraction of sp³-hybridized carbons (Fsp3) is 0.529. The van der Waals surface area contributed by atoms with Gasteiger partial charge in [0.05, 0.1) is 13.2 Å². The molecule has 0 aromatic heterocycles. The molecule has 1 fully saturated rings. The molecule has 0 bridgehead atoms. The van der Waals surface area contributed by atoms with Crippen molar-refractivity contribution in [1.82, 2.24) is 15.5 Å². The molecule has 1 heterocycles. The number of hydrogen-bond donors (Lipinski definition) is 2. The Labute approximate surface area is 137 Å². The Hall–Kier alpha value is -2.24.